The summed E-state index contributed by atoms with van der Waals surface area (Å²) in [6, 6.07) is -0.408. The molecule has 17 heavy (non-hydrogen) atoms. The molecule has 1 aromatic heterocycles. The minimum absolute atomic E-state index is 0.0207. The van der Waals surface area contributed by atoms with E-state index in [2.05, 4.69) is 10.3 Å². The van der Waals surface area contributed by atoms with Crippen LogP contribution in [0.1, 0.15) is 19.5 Å². The number of amides is 2. The molecule has 5 nitrogen and oxygen atoms in total. The van der Waals surface area contributed by atoms with Crippen LogP contribution in [-0.4, -0.2) is 34.3 Å². The van der Waals surface area contributed by atoms with Gasteiger partial charge in [0.1, 0.15) is 12.6 Å². The third-order valence-electron chi connectivity index (χ3n) is 2.73. The molecule has 92 valence electrons. The number of carbonyl (C=O) groups excluding carboxylic acids is 2. The molecule has 0 saturated carbocycles. The van der Waals surface area contributed by atoms with Crippen LogP contribution in [0.5, 0.6) is 0 Å². The molecule has 2 amide bonds. The topological polar surface area (TPSA) is 62.3 Å². The molecule has 1 aliphatic heterocycles. The van der Waals surface area contributed by atoms with Gasteiger partial charge in [-0.25, -0.2) is 4.98 Å². The highest BCUT2D eigenvalue weighted by atomic mass is 32.1. The Hall–Kier alpha value is -1.43. The van der Waals surface area contributed by atoms with E-state index in [0.717, 1.165) is 5.69 Å². The van der Waals surface area contributed by atoms with E-state index in [9.17, 15) is 9.59 Å². The molecule has 0 aliphatic carbocycles. The van der Waals surface area contributed by atoms with Gasteiger partial charge in [0, 0.05) is 5.38 Å². The summed E-state index contributed by atoms with van der Waals surface area (Å²) in [6.07, 6.45) is 0. The number of hydrogen-bond acceptors (Lipinski definition) is 4. The summed E-state index contributed by atoms with van der Waals surface area (Å²) in [5.41, 5.74) is 2.56. The molecule has 1 fully saturated rings. The van der Waals surface area contributed by atoms with Gasteiger partial charge >= 0.3 is 0 Å². The first-order valence-corrected chi connectivity index (χ1v) is 6.47. The molecular formula is C11H15N3O2S. The average molecular weight is 253 g/mol. The molecule has 1 saturated heterocycles. The van der Waals surface area contributed by atoms with Crippen LogP contribution in [-0.2, 0) is 16.1 Å². The van der Waals surface area contributed by atoms with Crippen LogP contribution in [0, 0.1) is 5.92 Å². The molecule has 0 radical (unpaired) electrons. The van der Waals surface area contributed by atoms with E-state index in [4.69, 9.17) is 0 Å². The van der Waals surface area contributed by atoms with Gasteiger partial charge in [-0.2, -0.15) is 0 Å². The normalized spacial score (nSPS) is 20.9. The van der Waals surface area contributed by atoms with Gasteiger partial charge in [0.15, 0.2) is 0 Å². The maximum atomic E-state index is 12.1. The first-order chi connectivity index (χ1) is 8.08. The first-order valence-electron chi connectivity index (χ1n) is 5.53. The minimum Gasteiger partial charge on any atom is -0.343 e. The summed E-state index contributed by atoms with van der Waals surface area (Å²) in [7, 11) is 0. The van der Waals surface area contributed by atoms with Crippen molar-refractivity contribution >= 4 is 23.2 Å². The average Bonchev–Trinajstić information content (AvgIpc) is 2.75. The van der Waals surface area contributed by atoms with Crippen molar-refractivity contribution in [2.45, 2.75) is 26.4 Å². The fourth-order valence-electron chi connectivity index (χ4n) is 1.83. The summed E-state index contributed by atoms with van der Waals surface area (Å²) in [5, 5.41) is 4.62. The number of piperazine rings is 1. The molecule has 1 aliphatic rings. The summed E-state index contributed by atoms with van der Waals surface area (Å²) in [4.78, 5) is 29.4. The van der Waals surface area contributed by atoms with Crippen molar-refractivity contribution in [2.75, 3.05) is 6.54 Å². The fraction of sp³-hybridized carbons (Fsp3) is 0.545. The van der Waals surface area contributed by atoms with E-state index in [1.54, 1.807) is 10.4 Å². The standard InChI is InChI=1S/C11H15N3O2S/c1-7(2)10-11(16)14(4-9(15)13-10)3-8-5-17-6-12-8/h5-7,10H,3-4H2,1-2H3,(H,13,15). The van der Waals surface area contributed by atoms with E-state index in [1.807, 2.05) is 19.2 Å². The highest BCUT2D eigenvalue weighted by molar-refractivity contribution is 7.07. The molecule has 6 heteroatoms. The number of carbonyl (C=O) groups is 2. The minimum atomic E-state index is -0.408. The Balaban J connectivity index is 2.10. The molecule has 1 N–H and O–H groups in total. The lowest BCUT2D eigenvalue weighted by atomic mass is 10.0. The number of nitrogens with zero attached hydrogens (tertiary/aromatic N) is 2. The quantitative estimate of drug-likeness (QED) is 0.859. The third kappa shape index (κ3) is 2.63. The largest absolute Gasteiger partial charge is 0.343 e. The highest BCUT2D eigenvalue weighted by Crippen LogP contribution is 2.14. The van der Waals surface area contributed by atoms with Crippen LogP contribution in [0.15, 0.2) is 10.9 Å². The molecule has 2 heterocycles. The zero-order valence-corrected chi connectivity index (χ0v) is 10.7. The first kappa shape index (κ1) is 12.0. The lowest BCUT2D eigenvalue weighted by molar-refractivity contribution is -0.146. The monoisotopic (exact) mass is 253 g/mol. The fourth-order valence-corrected chi connectivity index (χ4v) is 2.38. The lowest BCUT2D eigenvalue weighted by Crippen LogP contribution is -2.59. The zero-order chi connectivity index (χ0) is 12.4. The van der Waals surface area contributed by atoms with Gasteiger partial charge in [0.05, 0.1) is 17.7 Å². The molecular weight excluding hydrogens is 238 g/mol. The van der Waals surface area contributed by atoms with E-state index >= 15 is 0 Å². The van der Waals surface area contributed by atoms with Crippen LogP contribution in [0.2, 0.25) is 0 Å². The summed E-state index contributed by atoms with van der Waals surface area (Å²) < 4.78 is 0. The maximum Gasteiger partial charge on any atom is 0.246 e. The summed E-state index contributed by atoms with van der Waals surface area (Å²) in [6.45, 7) is 4.39. The molecule has 0 spiro atoms. The second-order valence-electron chi connectivity index (χ2n) is 4.46. The van der Waals surface area contributed by atoms with Gasteiger partial charge in [-0.15, -0.1) is 11.3 Å². The smallest absolute Gasteiger partial charge is 0.246 e. The van der Waals surface area contributed by atoms with Crippen LogP contribution in [0.25, 0.3) is 0 Å². The molecule has 1 aromatic rings. The number of hydrogen-bond donors (Lipinski definition) is 1. The molecule has 0 aromatic carbocycles. The summed E-state index contributed by atoms with van der Waals surface area (Å²) >= 11 is 1.49. The van der Waals surface area contributed by atoms with E-state index in [1.165, 1.54) is 11.3 Å². The zero-order valence-electron chi connectivity index (χ0n) is 9.84. The molecule has 0 bridgehead atoms. The van der Waals surface area contributed by atoms with Gasteiger partial charge in [-0.1, -0.05) is 13.8 Å². The van der Waals surface area contributed by atoms with E-state index in [0.29, 0.717) is 6.54 Å². The number of aromatic nitrogens is 1. The third-order valence-corrected chi connectivity index (χ3v) is 3.37. The van der Waals surface area contributed by atoms with E-state index in [-0.39, 0.29) is 24.3 Å². The number of rotatable bonds is 3. The highest BCUT2D eigenvalue weighted by Gasteiger charge is 2.34. The van der Waals surface area contributed by atoms with Crippen molar-refractivity contribution in [3.63, 3.8) is 0 Å². The second kappa shape index (κ2) is 4.83. The molecule has 2 rings (SSSR count). The van der Waals surface area contributed by atoms with Gasteiger partial charge in [-0.3, -0.25) is 9.59 Å². The number of thiazole rings is 1. The maximum absolute atomic E-state index is 12.1. The van der Waals surface area contributed by atoms with Gasteiger partial charge < -0.3 is 10.2 Å². The number of nitrogens with one attached hydrogen (secondary N) is 1. The van der Waals surface area contributed by atoms with Crippen molar-refractivity contribution in [3.05, 3.63) is 16.6 Å². The van der Waals surface area contributed by atoms with Crippen molar-refractivity contribution in [2.24, 2.45) is 5.92 Å². The Labute approximate surface area is 104 Å². The summed E-state index contributed by atoms with van der Waals surface area (Å²) in [5.74, 6) is -0.0178. The van der Waals surface area contributed by atoms with Crippen LogP contribution >= 0.6 is 11.3 Å². The Morgan fingerprint density at radius 2 is 2.35 bits per heavy atom. The lowest BCUT2D eigenvalue weighted by Gasteiger charge is -2.33. The SMILES string of the molecule is CC(C)C1NC(=O)CN(Cc2cscn2)C1=O. The van der Waals surface area contributed by atoms with Crippen molar-refractivity contribution in [3.8, 4) is 0 Å². The van der Waals surface area contributed by atoms with Gasteiger partial charge in [-0.05, 0) is 5.92 Å². The van der Waals surface area contributed by atoms with Crippen molar-refractivity contribution < 1.29 is 9.59 Å². The van der Waals surface area contributed by atoms with Gasteiger partial charge in [0.25, 0.3) is 0 Å². The predicted octanol–water partition coefficient (Wildman–Crippen LogP) is 0.626. The van der Waals surface area contributed by atoms with Crippen molar-refractivity contribution in [1.29, 1.82) is 0 Å². The van der Waals surface area contributed by atoms with Crippen LogP contribution < -0.4 is 5.32 Å². The van der Waals surface area contributed by atoms with Crippen LogP contribution in [0.3, 0.4) is 0 Å². The predicted molar refractivity (Wildman–Crippen MR) is 64.3 cm³/mol. The Kier molecular flexibility index (Phi) is 3.42. The Morgan fingerprint density at radius 3 is 2.94 bits per heavy atom. The molecule has 1 unspecified atom stereocenters. The molecule has 1 atom stereocenters. The van der Waals surface area contributed by atoms with E-state index < -0.39 is 6.04 Å². The van der Waals surface area contributed by atoms with Crippen molar-refractivity contribution in [1.82, 2.24) is 15.2 Å². The van der Waals surface area contributed by atoms with Crippen LogP contribution in [0.4, 0.5) is 0 Å². The Morgan fingerprint density at radius 1 is 1.59 bits per heavy atom. The second-order valence-corrected chi connectivity index (χ2v) is 5.18. The Bertz CT molecular complexity index is 416. The van der Waals surface area contributed by atoms with Gasteiger partial charge in [0.2, 0.25) is 11.8 Å².